The Morgan fingerprint density at radius 3 is 2.20 bits per heavy atom. The van der Waals surface area contributed by atoms with E-state index in [2.05, 4.69) is 10.6 Å². The number of carbonyl (C=O) groups is 2. The van der Waals surface area contributed by atoms with E-state index in [1.54, 1.807) is 36.4 Å². The van der Waals surface area contributed by atoms with E-state index in [4.69, 9.17) is 16.7 Å². The van der Waals surface area contributed by atoms with Crippen molar-refractivity contribution >= 4 is 33.4 Å². The number of amides is 2. The second kappa shape index (κ2) is 10.6. The van der Waals surface area contributed by atoms with Crippen LogP contribution >= 0.6 is 11.6 Å². The molecule has 0 aliphatic heterocycles. The monoisotopic (exact) mass is 451 g/mol. The summed E-state index contributed by atoms with van der Waals surface area (Å²) < 4.78 is 22.6. The molecule has 2 atom stereocenters. The van der Waals surface area contributed by atoms with Gasteiger partial charge in [-0.3, -0.25) is 9.59 Å². The zero-order valence-electron chi connectivity index (χ0n) is 16.9. The van der Waals surface area contributed by atoms with Gasteiger partial charge in [-0.25, -0.2) is 13.6 Å². The van der Waals surface area contributed by atoms with E-state index in [1.807, 2.05) is 13.8 Å². The standard InChI is InChI=1S/C21H26ClN3O4S/c1-3-14(2)19(25-20(26)16-6-8-17(22)9-7-16)21(27)24-13-12-15-4-10-18(11-5-15)30(23,28)29/h4-11,14,19H,3,12-13H2,1-2H3,(H,24,27)(H,25,26)(H2,23,28,29)/t14-,19-/m0/s1. The third-order valence-electron chi connectivity index (χ3n) is 4.85. The highest BCUT2D eigenvalue weighted by molar-refractivity contribution is 7.89. The van der Waals surface area contributed by atoms with Crippen molar-refractivity contribution in [3.05, 3.63) is 64.7 Å². The lowest BCUT2D eigenvalue weighted by Crippen LogP contribution is -2.50. The van der Waals surface area contributed by atoms with Gasteiger partial charge in [-0.2, -0.15) is 0 Å². The van der Waals surface area contributed by atoms with Crippen molar-refractivity contribution in [2.75, 3.05) is 6.54 Å². The summed E-state index contributed by atoms with van der Waals surface area (Å²) in [4.78, 5) is 25.2. The molecule has 0 bridgehead atoms. The molecular formula is C21H26ClN3O4S. The SMILES string of the molecule is CC[C@H](C)[C@H](NC(=O)c1ccc(Cl)cc1)C(=O)NCCc1ccc(S(N)(=O)=O)cc1. The van der Waals surface area contributed by atoms with Gasteiger partial charge in [0.25, 0.3) is 5.91 Å². The summed E-state index contributed by atoms with van der Waals surface area (Å²) in [6, 6.07) is 11.9. The minimum absolute atomic E-state index is 0.0389. The number of carbonyl (C=O) groups excluding carboxylic acids is 2. The summed E-state index contributed by atoms with van der Waals surface area (Å²) in [6.45, 7) is 4.20. The fourth-order valence-electron chi connectivity index (χ4n) is 2.81. The van der Waals surface area contributed by atoms with Crippen molar-refractivity contribution in [2.24, 2.45) is 11.1 Å². The van der Waals surface area contributed by atoms with Crippen LogP contribution in [0.4, 0.5) is 0 Å². The Kier molecular flexibility index (Phi) is 8.40. The lowest BCUT2D eigenvalue weighted by molar-refractivity contribution is -0.124. The van der Waals surface area contributed by atoms with E-state index in [0.29, 0.717) is 30.0 Å². The van der Waals surface area contributed by atoms with Crippen molar-refractivity contribution in [2.45, 2.75) is 37.6 Å². The Morgan fingerprint density at radius 2 is 1.67 bits per heavy atom. The molecule has 0 unspecified atom stereocenters. The van der Waals surface area contributed by atoms with Crippen LogP contribution in [0.3, 0.4) is 0 Å². The second-order valence-electron chi connectivity index (χ2n) is 7.07. The molecule has 0 radical (unpaired) electrons. The van der Waals surface area contributed by atoms with Crippen molar-refractivity contribution in [1.82, 2.24) is 10.6 Å². The number of halogens is 1. The quantitative estimate of drug-likeness (QED) is 0.542. The minimum Gasteiger partial charge on any atom is -0.354 e. The highest BCUT2D eigenvalue weighted by atomic mass is 35.5. The summed E-state index contributed by atoms with van der Waals surface area (Å²) in [5.74, 6) is -0.672. The molecule has 0 aliphatic rings. The number of rotatable bonds is 9. The second-order valence-corrected chi connectivity index (χ2v) is 9.07. The van der Waals surface area contributed by atoms with Crippen LogP contribution < -0.4 is 15.8 Å². The highest BCUT2D eigenvalue weighted by Gasteiger charge is 2.26. The Morgan fingerprint density at radius 1 is 1.07 bits per heavy atom. The topological polar surface area (TPSA) is 118 Å². The molecule has 0 spiro atoms. The van der Waals surface area contributed by atoms with Crippen molar-refractivity contribution in [3.8, 4) is 0 Å². The van der Waals surface area contributed by atoms with Crippen molar-refractivity contribution in [1.29, 1.82) is 0 Å². The maximum atomic E-state index is 12.7. The maximum Gasteiger partial charge on any atom is 0.251 e. The van der Waals surface area contributed by atoms with Crippen LogP contribution in [0.2, 0.25) is 5.02 Å². The third-order valence-corrected chi connectivity index (χ3v) is 6.03. The number of nitrogens with two attached hydrogens (primary N) is 1. The molecule has 0 aliphatic carbocycles. The van der Waals surface area contributed by atoms with Gasteiger partial charge in [0.1, 0.15) is 6.04 Å². The lowest BCUT2D eigenvalue weighted by atomic mass is 9.97. The molecule has 0 saturated carbocycles. The Balaban J connectivity index is 1.96. The summed E-state index contributed by atoms with van der Waals surface area (Å²) in [5, 5.41) is 11.3. The molecule has 30 heavy (non-hydrogen) atoms. The van der Waals surface area contributed by atoms with E-state index in [1.165, 1.54) is 12.1 Å². The minimum atomic E-state index is -3.73. The average molecular weight is 452 g/mol. The molecule has 4 N–H and O–H groups in total. The van der Waals surface area contributed by atoms with E-state index in [-0.39, 0.29) is 22.6 Å². The van der Waals surface area contributed by atoms with Crippen LogP contribution in [-0.2, 0) is 21.2 Å². The van der Waals surface area contributed by atoms with Crippen LogP contribution in [0.1, 0.15) is 36.2 Å². The lowest BCUT2D eigenvalue weighted by Gasteiger charge is -2.23. The van der Waals surface area contributed by atoms with Gasteiger partial charge in [-0.05, 0) is 54.3 Å². The molecule has 0 saturated heterocycles. The highest BCUT2D eigenvalue weighted by Crippen LogP contribution is 2.13. The number of sulfonamides is 1. The first kappa shape index (κ1) is 23.9. The number of primary sulfonamides is 1. The average Bonchev–Trinajstić information content (AvgIpc) is 2.71. The summed E-state index contributed by atoms with van der Waals surface area (Å²) in [7, 11) is -3.73. The van der Waals surface area contributed by atoms with Gasteiger partial charge in [0.05, 0.1) is 4.90 Å². The van der Waals surface area contributed by atoms with E-state index < -0.39 is 16.1 Å². The van der Waals surface area contributed by atoms with Crippen molar-refractivity contribution in [3.63, 3.8) is 0 Å². The van der Waals surface area contributed by atoms with Gasteiger partial charge in [-0.1, -0.05) is 44.0 Å². The van der Waals surface area contributed by atoms with Crippen molar-refractivity contribution < 1.29 is 18.0 Å². The fraction of sp³-hybridized carbons (Fsp3) is 0.333. The number of hydrogen-bond acceptors (Lipinski definition) is 4. The summed E-state index contributed by atoms with van der Waals surface area (Å²) in [5.41, 5.74) is 1.28. The molecule has 2 aromatic rings. The molecule has 7 nitrogen and oxygen atoms in total. The number of hydrogen-bond donors (Lipinski definition) is 3. The zero-order chi connectivity index (χ0) is 22.3. The first-order valence-electron chi connectivity index (χ1n) is 9.57. The number of nitrogens with one attached hydrogen (secondary N) is 2. The largest absolute Gasteiger partial charge is 0.354 e. The molecule has 0 heterocycles. The summed E-state index contributed by atoms with van der Waals surface area (Å²) in [6.07, 6.45) is 1.23. The fourth-order valence-corrected chi connectivity index (χ4v) is 3.45. The molecule has 2 aromatic carbocycles. The Labute approximate surface area is 182 Å². The molecule has 2 rings (SSSR count). The van der Waals surface area contributed by atoms with Gasteiger partial charge in [0, 0.05) is 17.1 Å². The van der Waals surface area contributed by atoms with Crippen LogP contribution in [0.25, 0.3) is 0 Å². The first-order valence-corrected chi connectivity index (χ1v) is 11.5. The molecule has 0 aromatic heterocycles. The van der Waals surface area contributed by atoms with Crippen LogP contribution in [0.5, 0.6) is 0 Å². The van der Waals surface area contributed by atoms with Gasteiger partial charge in [0.2, 0.25) is 15.9 Å². The Bertz CT molecular complexity index is 976. The third kappa shape index (κ3) is 6.83. The predicted molar refractivity (Wildman–Crippen MR) is 117 cm³/mol. The summed E-state index contributed by atoms with van der Waals surface area (Å²) >= 11 is 5.85. The number of benzene rings is 2. The molecule has 9 heteroatoms. The molecule has 162 valence electrons. The van der Waals surface area contributed by atoms with Gasteiger partial charge in [0.15, 0.2) is 0 Å². The van der Waals surface area contributed by atoms with Gasteiger partial charge < -0.3 is 10.6 Å². The predicted octanol–water partition coefficient (Wildman–Crippen LogP) is 2.49. The van der Waals surface area contributed by atoms with E-state index in [9.17, 15) is 18.0 Å². The van der Waals surface area contributed by atoms with Crippen LogP contribution in [0.15, 0.2) is 53.4 Å². The first-order chi connectivity index (χ1) is 14.1. The Hall–Kier alpha value is -2.42. The molecular weight excluding hydrogens is 426 g/mol. The maximum absolute atomic E-state index is 12.7. The van der Waals surface area contributed by atoms with Gasteiger partial charge >= 0.3 is 0 Å². The normalized spacial score (nSPS) is 13.3. The molecule has 0 fully saturated rings. The van der Waals surface area contributed by atoms with Crippen LogP contribution in [-0.4, -0.2) is 32.8 Å². The van der Waals surface area contributed by atoms with Gasteiger partial charge in [-0.15, -0.1) is 0 Å². The molecule has 2 amide bonds. The smallest absolute Gasteiger partial charge is 0.251 e. The van der Waals surface area contributed by atoms with E-state index in [0.717, 1.165) is 5.56 Å². The van der Waals surface area contributed by atoms with Crippen LogP contribution in [0, 0.1) is 5.92 Å². The van der Waals surface area contributed by atoms with E-state index >= 15 is 0 Å². The zero-order valence-corrected chi connectivity index (χ0v) is 18.5.